The number of thioether (sulfide) groups is 1. The summed E-state index contributed by atoms with van der Waals surface area (Å²) in [7, 11) is 3.22. The van der Waals surface area contributed by atoms with E-state index in [1.165, 1.54) is 34.9 Å². The second-order valence-electron chi connectivity index (χ2n) is 6.83. The van der Waals surface area contributed by atoms with Crippen LogP contribution in [0.3, 0.4) is 0 Å². The summed E-state index contributed by atoms with van der Waals surface area (Å²) in [6, 6.07) is 8.17. The summed E-state index contributed by atoms with van der Waals surface area (Å²) in [5.41, 5.74) is 2.26. The SMILES string of the molecule is COC(=O)c1c(NC(=O)CSc2nnc(-c3csc4ccccc34)n2C)sc(C)c1C. The van der Waals surface area contributed by atoms with Gasteiger partial charge in [0.05, 0.1) is 18.4 Å². The van der Waals surface area contributed by atoms with E-state index in [1.807, 2.05) is 37.6 Å². The van der Waals surface area contributed by atoms with Crippen molar-refractivity contribution in [2.24, 2.45) is 7.05 Å². The summed E-state index contributed by atoms with van der Waals surface area (Å²) in [5.74, 6) is 0.234. The topological polar surface area (TPSA) is 86.1 Å². The highest BCUT2D eigenvalue weighted by Gasteiger charge is 2.22. The normalized spacial score (nSPS) is 11.1. The molecule has 0 aliphatic rings. The number of amides is 1. The molecule has 1 N–H and O–H groups in total. The van der Waals surface area contributed by atoms with Crippen LogP contribution >= 0.6 is 34.4 Å². The predicted molar refractivity (Wildman–Crippen MR) is 126 cm³/mol. The highest BCUT2D eigenvalue weighted by molar-refractivity contribution is 7.99. The molecule has 31 heavy (non-hydrogen) atoms. The van der Waals surface area contributed by atoms with Gasteiger partial charge < -0.3 is 14.6 Å². The Morgan fingerprint density at radius 3 is 2.77 bits per heavy atom. The monoisotopic (exact) mass is 472 g/mol. The number of anilines is 1. The number of carbonyl (C=O) groups excluding carboxylic acids is 2. The van der Waals surface area contributed by atoms with Crippen molar-refractivity contribution in [1.82, 2.24) is 14.8 Å². The Kier molecular flexibility index (Phi) is 6.12. The minimum absolute atomic E-state index is 0.146. The van der Waals surface area contributed by atoms with Crippen LogP contribution < -0.4 is 5.32 Å². The summed E-state index contributed by atoms with van der Waals surface area (Å²) in [4.78, 5) is 25.6. The number of aryl methyl sites for hydroxylation is 1. The first-order valence-electron chi connectivity index (χ1n) is 9.37. The molecule has 7 nitrogen and oxygen atoms in total. The molecule has 0 aliphatic carbocycles. The number of carbonyl (C=O) groups is 2. The van der Waals surface area contributed by atoms with Crippen molar-refractivity contribution < 1.29 is 14.3 Å². The van der Waals surface area contributed by atoms with Gasteiger partial charge in [-0.1, -0.05) is 30.0 Å². The lowest BCUT2D eigenvalue weighted by Gasteiger charge is -2.06. The zero-order valence-electron chi connectivity index (χ0n) is 17.4. The second kappa shape index (κ2) is 8.81. The lowest BCUT2D eigenvalue weighted by molar-refractivity contribution is -0.113. The highest BCUT2D eigenvalue weighted by Crippen LogP contribution is 2.35. The van der Waals surface area contributed by atoms with Crippen LogP contribution in [-0.4, -0.2) is 39.5 Å². The van der Waals surface area contributed by atoms with E-state index in [2.05, 4.69) is 33.0 Å². The van der Waals surface area contributed by atoms with Crippen LogP contribution in [0.2, 0.25) is 0 Å². The molecular formula is C21H20N4O3S3. The molecule has 0 saturated carbocycles. The molecule has 4 rings (SSSR count). The molecule has 4 aromatic rings. The lowest BCUT2D eigenvalue weighted by Crippen LogP contribution is -2.16. The zero-order valence-corrected chi connectivity index (χ0v) is 19.8. The number of hydrogen-bond donors (Lipinski definition) is 1. The van der Waals surface area contributed by atoms with Crippen molar-refractivity contribution in [3.05, 3.63) is 45.6 Å². The average molecular weight is 473 g/mol. The van der Waals surface area contributed by atoms with Gasteiger partial charge in [-0.2, -0.15) is 0 Å². The van der Waals surface area contributed by atoms with Crippen LogP contribution in [0.5, 0.6) is 0 Å². The van der Waals surface area contributed by atoms with Crippen molar-refractivity contribution in [2.45, 2.75) is 19.0 Å². The standard InChI is InChI=1S/C21H20N4O3S3/c1-11-12(2)31-19(17(11)20(27)28-4)22-16(26)10-30-21-24-23-18(25(21)3)14-9-29-15-8-6-5-7-13(14)15/h5-9H,10H2,1-4H3,(H,22,26). The van der Waals surface area contributed by atoms with E-state index in [1.54, 1.807) is 11.3 Å². The first-order valence-corrected chi connectivity index (χ1v) is 12.1. The molecule has 0 spiro atoms. The molecule has 3 aromatic heterocycles. The van der Waals surface area contributed by atoms with Crippen LogP contribution in [0.25, 0.3) is 21.5 Å². The smallest absolute Gasteiger partial charge is 0.341 e. The van der Waals surface area contributed by atoms with Crippen LogP contribution in [-0.2, 0) is 16.6 Å². The minimum Gasteiger partial charge on any atom is -0.465 e. The number of ether oxygens (including phenoxy) is 1. The number of rotatable bonds is 6. The van der Waals surface area contributed by atoms with Crippen molar-refractivity contribution in [2.75, 3.05) is 18.2 Å². The van der Waals surface area contributed by atoms with Crippen molar-refractivity contribution in [3.8, 4) is 11.4 Å². The minimum atomic E-state index is -0.453. The lowest BCUT2D eigenvalue weighted by atomic mass is 10.1. The molecule has 160 valence electrons. The van der Waals surface area contributed by atoms with Gasteiger partial charge in [0.15, 0.2) is 11.0 Å². The molecule has 10 heteroatoms. The summed E-state index contributed by atoms with van der Waals surface area (Å²) >= 11 is 4.33. The molecule has 0 saturated heterocycles. The third kappa shape index (κ3) is 4.10. The van der Waals surface area contributed by atoms with Crippen molar-refractivity contribution in [1.29, 1.82) is 0 Å². The fraction of sp³-hybridized carbons (Fsp3) is 0.238. The Labute approximate surface area is 191 Å². The quantitative estimate of drug-likeness (QED) is 0.318. The largest absolute Gasteiger partial charge is 0.465 e. The molecule has 3 heterocycles. The van der Waals surface area contributed by atoms with E-state index >= 15 is 0 Å². The van der Waals surface area contributed by atoms with E-state index < -0.39 is 5.97 Å². The predicted octanol–water partition coefficient (Wildman–Crippen LogP) is 4.89. The van der Waals surface area contributed by atoms with Gasteiger partial charge in [-0.15, -0.1) is 32.9 Å². The number of fused-ring (bicyclic) bond motifs is 1. The fourth-order valence-corrected chi connectivity index (χ4v) is 5.90. The van der Waals surface area contributed by atoms with E-state index in [0.29, 0.717) is 15.7 Å². The van der Waals surface area contributed by atoms with Gasteiger partial charge in [0.1, 0.15) is 5.00 Å². The third-order valence-electron chi connectivity index (χ3n) is 4.92. The molecule has 0 unspecified atom stereocenters. The van der Waals surface area contributed by atoms with Gasteiger partial charge in [-0.25, -0.2) is 4.79 Å². The Bertz CT molecular complexity index is 1290. The molecule has 0 atom stereocenters. The maximum Gasteiger partial charge on any atom is 0.341 e. The number of esters is 1. The summed E-state index contributed by atoms with van der Waals surface area (Å²) < 4.78 is 7.94. The number of aromatic nitrogens is 3. The first kappa shape index (κ1) is 21.5. The Morgan fingerprint density at radius 1 is 1.23 bits per heavy atom. The molecule has 0 fully saturated rings. The van der Waals surface area contributed by atoms with Gasteiger partial charge in [0.25, 0.3) is 0 Å². The van der Waals surface area contributed by atoms with Crippen LogP contribution in [0, 0.1) is 13.8 Å². The van der Waals surface area contributed by atoms with E-state index in [4.69, 9.17) is 4.74 Å². The number of hydrogen-bond acceptors (Lipinski definition) is 8. The number of methoxy groups -OCH3 is 1. The summed E-state index contributed by atoms with van der Waals surface area (Å²) in [6.45, 7) is 3.75. The second-order valence-corrected chi connectivity index (χ2v) is 9.91. The van der Waals surface area contributed by atoms with Crippen LogP contribution in [0.4, 0.5) is 5.00 Å². The van der Waals surface area contributed by atoms with Crippen LogP contribution in [0.1, 0.15) is 20.8 Å². The van der Waals surface area contributed by atoms with E-state index in [-0.39, 0.29) is 11.7 Å². The Morgan fingerprint density at radius 2 is 2.00 bits per heavy atom. The van der Waals surface area contributed by atoms with Gasteiger partial charge in [0, 0.05) is 33.0 Å². The van der Waals surface area contributed by atoms with E-state index in [0.717, 1.165) is 27.2 Å². The number of benzene rings is 1. The molecule has 1 amide bonds. The van der Waals surface area contributed by atoms with E-state index in [9.17, 15) is 9.59 Å². The maximum absolute atomic E-state index is 12.6. The van der Waals surface area contributed by atoms with Gasteiger partial charge >= 0.3 is 5.97 Å². The Balaban J connectivity index is 1.48. The molecule has 0 radical (unpaired) electrons. The number of nitrogens with zero attached hydrogens (tertiary/aromatic N) is 3. The van der Waals surface area contributed by atoms with Gasteiger partial charge in [-0.05, 0) is 25.5 Å². The fourth-order valence-electron chi connectivity index (χ4n) is 3.18. The Hall–Kier alpha value is -2.69. The summed E-state index contributed by atoms with van der Waals surface area (Å²) in [5, 5.41) is 15.8. The third-order valence-corrected chi connectivity index (χ3v) is 8.02. The highest BCUT2D eigenvalue weighted by atomic mass is 32.2. The summed E-state index contributed by atoms with van der Waals surface area (Å²) in [6.07, 6.45) is 0. The van der Waals surface area contributed by atoms with Crippen molar-refractivity contribution >= 4 is 61.4 Å². The van der Waals surface area contributed by atoms with Gasteiger partial charge in [-0.3, -0.25) is 4.79 Å². The molecule has 0 bridgehead atoms. The zero-order chi connectivity index (χ0) is 22.1. The molecule has 0 aliphatic heterocycles. The molecular weight excluding hydrogens is 452 g/mol. The van der Waals surface area contributed by atoms with Gasteiger partial charge in [0.2, 0.25) is 5.91 Å². The average Bonchev–Trinajstić information content (AvgIpc) is 3.42. The number of thiophene rings is 2. The molecule has 1 aromatic carbocycles. The van der Waals surface area contributed by atoms with Crippen molar-refractivity contribution in [3.63, 3.8) is 0 Å². The number of nitrogens with one attached hydrogen (secondary N) is 1. The maximum atomic E-state index is 12.6. The van der Waals surface area contributed by atoms with Crippen LogP contribution in [0.15, 0.2) is 34.8 Å². The first-order chi connectivity index (χ1) is 14.9.